The summed E-state index contributed by atoms with van der Waals surface area (Å²) >= 11 is 0. The van der Waals surface area contributed by atoms with Gasteiger partial charge < -0.3 is 19.2 Å². The van der Waals surface area contributed by atoms with Crippen molar-refractivity contribution in [2.75, 3.05) is 20.3 Å². The van der Waals surface area contributed by atoms with Crippen molar-refractivity contribution >= 4 is 0 Å². The van der Waals surface area contributed by atoms with Crippen molar-refractivity contribution in [2.45, 2.75) is 25.0 Å². The van der Waals surface area contributed by atoms with Crippen LogP contribution in [0.15, 0.2) is 35.3 Å². The molecule has 0 radical (unpaired) electrons. The van der Waals surface area contributed by atoms with Crippen molar-refractivity contribution in [2.24, 2.45) is 0 Å². The third-order valence-corrected chi connectivity index (χ3v) is 5.22. The predicted molar refractivity (Wildman–Crippen MR) is 94.0 cm³/mol. The number of ether oxygens (including phenoxy) is 3. The number of methoxy groups -OCH3 is 1. The first-order valence-corrected chi connectivity index (χ1v) is 8.73. The standard InChI is InChI=1S/C19H19N3O4/c1-24-13-4-2-12(3-5-13)17-18(23)22-15-10-19(25-8-9-26-19)7-6-14(15)20-11-16(22)21-17/h2-5,11,20H,6-10H2,1H3. The maximum atomic E-state index is 13.1. The van der Waals surface area contributed by atoms with Crippen LogP contribution in [0.25, 0.3) is 17.1 Å². The van der Waals surface area contributed by atoms with E-state index < -0.39 is 5.79 Å². The highest BCUT2D eigenvalue weighted by Gasteiger charge is 2.42. The molecule has 7 nitrogen and oxygen atoms in total. The fraction of sp³-hybridized carbons (Fsp3) is 0.368. The van der Waals surface area contributed by atoms with Crippen molar-refractivity contribution in [1.82, 2.24) is 14.5 Å². The van der Waals surface area contributed by atoms with Crippen LogP contribution in [0.3, 0.4) is 0 Å². The van der Waals surface area contributed by atoms with Crippen LogP contribution in [0.5, 0.6) is 5.75 Å². The Morgan fingerprint density at radius 1 is 1.23 bits per heavy atom. The number of nitrogens with zero attached hydrogens (tertiary/aromatic N) is 2. The summed E-state index contributed by atoms with van der Waals surface area (Å²) < 4.78 is 18.6. The Morgan fingerprint density at radius 2 is 2.00 bits per heavy atom. The van der Waals surface area contributed by atoms with Crippen molar-refractivity contribution in [1.29, 1.82) is 0 Å². The van der Waals surface area contributed by atoms with Crippen molar-refractivity contribution < 1.29 is 14.2 Å². The van der Waals surface area contributed by atoms with Gasteiger partial charge in [0.05, 0.1) is 26.0 Å². The van der Waals surface area contributed by atoms with E-state index in [0.717, 1.165) is 35.5 Å². The lowest BCUT2D eigenvalue weighted by Gasteiger charge is -2.33. The molecule has 0 bridgehead atoms. The van der Waals surface area contributed by atoms with Crippen LogP contribution >= 0.6 is 0 Å². The van der Waals surface area contributed by atoms with Crippen molar-refractivity contribution in [3.05, 3.63) is 52.2 Å². The number of H-pyrrole nitrogens is 1. The first-order valence-electron chi connectivity index (χ1n) is 8.73. The topological polar surface area (TPSA) is 78.4 Å². The second kappa shape index (κ2) is 5.69. The van der Waals surface area contributed by atoms with Gasteiger partial charge in [-0.25, -0.2) is 4.98 Å². The number of aromatic amines is 1. The molecular formula is C19H19N3O4. The number of aromatic nitrogens is 3. The van der Waals surface area contributed by atoms with Gasteiger partial charge in [0.2, 0.25) is 0 Å². The maximum absolute atomic E-state index is 13.1. The molecule has 0 saturated carbocycles. The van der Waals surface area contributed by atoms with E-state index in [-0.39, 0.29) is 5.56 Å². The summed E-state index contributed by atoms with van der Waals surface area (Å²) in [6, 6.07) is 7.36. The predicted octanol–water partition coefficient (Wildman–Crippen LogP) is 1.91. The Balaban J connectivity index is 1.64. The summed E-state index contributed by atoms with van der Waals surface area (Å²) in [5.74, 6) is 0.745. The SMILES string of the molecule is COc1ccc(-c2nc3c[nH]c4c(n-3c2=O)CC2(CC4)OCCO2)cc1. The zero-order valence-corrected chi connectivity index (χ0v) is 14.4. The van der Waals surface area contributed by atoms with Gasteiger partial charge in [-0.3, -0.25) is 9.36 Å². The fourth-order valence-electron chi connectivity index (χ4n) is 3.89. The molecule has 5 rings (SSSR count). The molecule has 4 aliphatic rings. The molecule has 134 valence electrons. The van der Waals surface area contributed by atoms with Crippen LogP contribution < -0.4 is 10.3 Å². The van der Waals surface area contributed by atoms with E-state index in [0.29, 0.717) is 31.1 Å². The van der Waals surface area contributed by atoms with Crippen LogP contribution in [-0.2, 0) is 22.3 Å². The quantitative estimate of drug-likeness (QED) is 0.761. The molecule has 1 aromatic carbocycles. The number of imidazole rings is 1. The van der Waals surface area contributed by atoms with Crippen LogP contribution in [0.4, 0.5) is 0 Å². The van der Waals surface area contributed by atoms with Crippen LogP contribution in [0, 0.1) is 0 Å². The summed E-state index contributed by atoms with van der Waals surface area (Å²) in [7, 11) is 1.62. The number of rotatable bonds is 2. The largest absolute Gasteiger partial charge is 0.497 e. The van der Waals surface area contributed by atoms with E-state index in [9.17, 15) is 4.79 Å². The van der Waals surface area contributed by atoms with Crippen molar-refractivity contribution in [3.63, 3.8) is 0 Å². The third kappa shape index (κ3) is 2.28. The van der Waals surface area contributed by atoms with Crippen LogP contribution in [0.2, 0.25) is 0 Å². The molecule has 0 unspecified atom stereocenters. The summed E-state index contributed by atoms with van der Waals surface area (Å²) in [4.78, 5) is 21.0. The third-order valence-electron chi connectivity index (χ3n) is 5.22. The number of hydrogen-bond acceptors (Lipinski definition) is 5. The lowest BCUT2D eigenvalue weighted by atomic mass is 9.93. The van der Waals surface area contributed by atoms with Crippen LogP contribution in [-0.4, -0.2) is 40.6 Å². The number of aryl methyl sites for hydroxylation is 1. The summed E-state index contributed by atoms with van der Waals surface area (Å²) in [6.07, 6.45) is 3.91. The molecule has 1 fully saturated rings. The van der Waals surface area contributed by atoms with Crippen LogP contribution in [0.1, 0.15) is 17.8 Å². The number of nitrogens with one attached hydrogen (secondary N) is 1. The van der Waals surface area contributed by atoms with Crippen molar-refractivity contribution in [3.8, 4) is 22.8 Å². The van der Waals surface area contributed by atoms with Gasteiger partial charge >= 0.3 is 0 Å². The Kier molecular flexibility index (Phi) is 3.41. The Bertz CT molecular complexity index is 983. The molecule has 26 heavy (non-hydrogen) atoms. The highest BCUT2D eigenvalue weighted by Crippen LogP contribution is 2.35. The molecule has 0 atom stereocenters. The van der Waals surface area contributed by atoms with Gasteiger partial charge in [-0.2, -0.15) is 0 Å². The first-order chi connectivity index (χ1) is 12.7. The van der Waals surface area contributed by atoms with Gasteiger partial charge in [-0.15, -0.1) is 0 Å². The minimum atomic E-state index is -0.605. The minimum absolute atomic E-state index is 0.120. The highest BCUT2D eigenvalue weighted by atomic mass is 16.7. The van der Waals surface area contributed by atoms with E-state index >= 15 is 0 Å². The van der Waals surface area contributed by atoms with Gasteiger partial charge in [-0.1, -0.05) is 0 Å². The number of fused-ring (bicyclic) bond motifs is 3. The van der Waals surface area contributed by atoms with E-state index in [1.54, 1.807) is 17.9 Å². The second-order valence-corrected chi connectivity index (χ2v) is 6.69. The lowest BCUT2D eigenvalue weighted by molar-refractivity contribution is -0.165. The molecule has 1 N–H and O–H groups in total. The zero-order valence-electron chi connectivity index (χ0n) is 14.4. The molecule has 0 amide bonds. The molecule has 1 saturated heterocycles. The first kappa shape index (κ1) is 15.6. The molecule has 1 spiro atoms. The second-order valence-electron chi connectivity index (χ2n) is 6.69. The van der Waals surface area contributed by atoms with E-state index in [1.165, 1.54) is 0 Å². The van der Waals surface area contributed by atoms with Gasteiger partial charge in [0.15, 0.2) is 11.6 Å². The van der Waals surface area contributed by atoms with Gasteiger partial charge in [0, 0.05) is 30.3 Å². The molecular weight excluding hydrogens is 334 g/mol. The number of hydrogen-bond donors (Lipinski definition) is 1. The Morgan fingerprint density at radius 3 is 2.73 bits per heavy atom. The summed E-state index contributed by atoms with van der Waals surface area (Å²) in [5, 5.41) is 0. The highest BCUT2D eigenvalue weighted by molar-refractivity contribution is 5.62. The van der Waals surface area contributed by atoms with E-state index in [4.69, 9.17) is 14.2 Å². The molecule has 3 aliphatic heterocycles. The molecule has 7 heteroatoms. The summed E-state index contributed by atoms with van der Waals surface area (Å²) in [6.45, 7) is 1.20. The summed E-state index contributed by atoms with van der Waals surface area (Å²) in [5.41, 5.74) is 3.02. The molecule has 3 heterocycles. The lowest BCUT2D eigenvalue weighted by Crippen LogP contribution is -2.40. The zero-order chi connectivity index (χ0) is 17.7. The average Bonchev–Trinajstić information content (AvgIpc) is 3.26. The normalized spacial score (nSPS) is 18.3. The van der Waals surface area contributed by atoms with E-state index in [2.05, 4.69) is 9.97 Å². The molecule has 0 aromatic heterocycles. The Labute approximate surface area is 149 Å². The Hall–Kier alpha value is -2.64. The smallest absolute Gasteiger partial charge is 0.283 e. The van der Waals surface area contributed by atoms with Gasteiger partial charge in [0.1, 0.15) is 11.4 Å². The average molecular weight is 353 g/mol. The number of benzene rings is 1. The van der Waals surface area contributed by atoms with Gasteiger partial charge in [-0.05, 0) is 30.7 Å². The molecule has 1 aromatic rings. The minimum Gasteiger partial charge on any atom is -0.497 e. The van der Waals surface area contributed by atoms with E-state index in [1.807, 2.05) is 24.3 Å². The molecule has 1 aliphatic carbocycles. The van der Waals surface area contributed by atoms with Gasteiger partial charge in [0.25, 0.3) is 5.56 Å². The fourth-order valence-corrected chi connectivity index (χ4v) is 3.89. The maximum Gasteiger partial charge on any atom is 0.283 e. The monoisotopic (exact) mass is 353 g/mol.